The average Bonchev–Trinajstić information content (AvgIpc) is 2.67. The molecule has 4 rings (SSSR count). The van der Waals surface area contributed by atoms with E-state index in [0.717, 1.165) is 11.4 Å². The zero-order chi connectivity index (χ0) is 20.8. The zero-order valence-electron chi connectivity index (χ0n) is 16.9. The van der Waals surface area contributed by atoms with Gasteiger partial charge in [0.15, 0.2) is 11.5 Å². The molecule has 2 heterocycles. The largest absolute Gasteiger partial charge is 0.453 e. The third kappa shape index (κ3) is 3.75. The van der Waals surface area contributed by atoms with Gasteiger partial charge in [-0.3, -0.25) is 0 Å². The maximum atomic E-state index is 12.7. The Morgan fingerprint density at radius 1 is 1.07 bits per heavy atom. The van der Waals surface area contributed by atoms with Crippen LogP contribution in [0.15, 0.2) is 48.5 Å². The number of piperidine rings is 1. The lowest BCUT2D eigenvalue weighted by Crippen LogP contribution is -2.64. The summed E-state index contributed by atoms with van der Waals surface area (Å²) in [7, 11) is 0. The molecule has 29 heavy (non-hydrogen) atoms. The van der Waals surface area contributed by atoms with Crippen LogP contribution >= 0.6 is 0 Å². The fourth-order valence-electron chi connectivity index (χ4n) is 3.86. The number of anilines is 2. The highest BCUT2D eigenvalue weighted by Gasteiger charge is 2.43. The van der Waals surface area contributed by atoms with E-state index in [2.05, 4.69) is 0 Å². The second-order valence-electron chi connectivity index (χ2n) is 8.51. The summed E-state index contributed by atoms with van der Waals surface area (Å²) in [6, 6.07) is 14.3. The van der Waals surface area contributed by atoms with E-state index >= 15 is 0 Å². The molecule has 2 aliphatic rings. The van der Waals surface area contributed by atoms with Gasteiger partial charge in [-0.1, -0.05) is 24.3 Å². The molecule has 2 aliphatic heterocycles. The topological polar surface area (TPSA) is 88.3 Å². The van der Waals surface area contributed by atoms with Crippen LogP contribution in [0.1, 0.15) is 20.8 Å². The molecule has 0 aromatic heterocycles. The molecule has 3 atom stereocenters. The van der Waals surface area contributed by atoms with Gasteiger partial charge in [-0.2, -0.15) is 0 Å². The summed E-state index contributed by atoms with van der Waals surface area (Å²) in [6.45, 7) is 6.01. The van der Waals surface area contributed by atoms with Crippen molar-refractivity contribution in [3.63, 3.8) is 0 Å². The number of hydrogen-bond acceptors (Lipinski definition) is 6. The average molecular weight is 397 g/mol. The van der Waals surface area contributed by atoms with Gasteiger partial charge in [0, 0.05) is 13.1 Å². The number of likely N-dealkylation sites (tertiary alicyclic amines) is 1. The van der Waals surface area contributed by atoms with Crippen molar-refractivity contribution in [2.24, 2.45) is 5.73 Å². The predicted molar refractivity (Wildman–Crippen MR) is 111 cm³/mol. The van der Waals surface area contributed by atoms with E-state index in [4.69, 9.17) is 15.2 Å². The van der Waals surface area contributed by atoms with Crippen LogP contribution in [0.2, 0.25) is 0 Å². The molecule has 0 saturated carbocycles. The number of hydrogen-bond donors (Lipinski definition) is 2. The van der Waals surface area contributed by atoms with Gasteiger partial charge in [-0.25, -0.2) is 4.79 Å². The van der Waals surface area contributed by atoms with Gasteiger partial charge in [0.25, 0.3) is 0 Å². The quantitative estimate of drug-likeness (QED) is 0.768. The van der Waals surface area contributed by atoms with Crippen molar-refractivity contribution in [1.82, 2.24) is 4.90 Å². The summed E-state index contributed by atoms with van der Waals surface area (Å²) in [6.07, 6.45) is -1.26. The molecule has 0 spiro atoms. The number of amides is 1. The van der Waals surface area contributed by atoms with Crippen molar-refractivity contribution >= 4 is 17.5 Å². The van der Waals surface area contributed by atoms with E-state index in [-0.39, 0.29) is 13.1 Å². The number of nitrogens with zero attached hydrogens (tertiary/aromatic N) is 2. The van der Waals surface area contributed by atoms with Crippen LogP contribution in [0.4, 0.5) is 16.2 Å². The highest BCUT2D eigenvalue weighted by Crippen LogP contribution is 2.48. The standard InChI is InChI=1S/C22H27N3O4/c1-22(2,3)29-21(27)24-12-14(23)20(26)17(13-24)25-15-8-4-6-10-18(15)28-19-11-7-5-9-16(19)25/h4-11,14,17,20,26H,12-13,23H2,1-3H3/t14-,17-,20-/m0/s1. The molecule has 154 valence electrons. The molecule has 0 unspecified atom stereocenters. The van der Waals surface area contributed by atoms with Crippen molar-refractivity contribution in [3.05, 3.63) is 48.5 Å². The first-order valence-corrected chi connectivity index (χ1v) is 9.81. The van der Waals surface area contributed by atoms with Crippen molar-refractivity contribution in [2.75, 3.05) is 18.0 Å². The zero-order valence-corrected chi connectivity index (χ0v) is 16.9. The van der Waals surface area contributed by atoms with Crippen LogP contribution in [0.5, 0.6) is 11.5 Å². The lowest BCUT2D eigenvalue weighted by atomic mass is 9.94. The number of benzene rings is 2. The number of rotatable bonds is 1. The second kappa shape index (κ2) is 7.24. The SMILES string of the molecule is CC(C)(C)OC(=O)N1C[C@H](N)[C@H](O)[C@@H](N2c3ccccc3Oc3ccccc32)C1. The summed E-state index contributed by atoms with van der Waals surface area (Å²) < 4.78 is 11.6. The molecule has 2 aromatic carbocycles. The third-order valence-electron chi connectivity index (χ3n) is 5.12. The lowest BCUT2D eigenvalue weighted by Gasteiger charge is -2.47. The Kier molecular flexibility index (Phi) is 4.88. The van der Waals surface area contributed by atoms with Crippen LogP contribution in [0, 0.1) is 0 Å². The van der Waals surface area contributed by atoms with Crippen LogP contribution in [-0.2, 0) is 4.74 Å². The molecule has 7 nitrogen and oxygen atoms in total. The van der Waals surface area contributed by atoms with E-state index in [9.17, 15) is 9.90 Å². The number of carbonyl (C=O) groups is 1. The Labute approximate surface area is 170 Å². The lowest BCUT2D eigenvalue weighted by molar-refractivity contribution is -0.00132. The van der Waals surface area contributed by atoms with Gasteiger partial charge in [0.1, 0.15) is 5.60 Å². The van der Waals surface area contributed by atoms with Gasteiger partial charge in [-0.05, 0) is 45.0 Å². The van der Waals surface area contributed by atoms with Crippen molar-refractivity contribution in [1.29, 1.82) is 0 Å². The summed E-state index contributed by atoms with van der Waals surface area (Å²) in [5.74, 6) is 1.39. The minimum absolute atomic E-state index is 0.236. The first-order chi connectivity index (χ1) is 13.7. The molecule has 1 saturated heterocycles. The first-order valence-electron chi connectivity index (χ1n) is 9.81. The highest BCUT2D eigenvalue weighted by atomic mass is 16.6. The van der Waals surface area contributed by atoms with Gasteiger partial charge < -0.3 is 30.1 Å². The number of ether oxygens (including phenoxy) is 2. The molecular weight excluding hydrogens is 370 g/mol. The Hall–Kier alpha value is -2.77. The van der Waals surface area contributed by atoms with E-state index in [1.807, 2.05) is 74.2 Å². The Morgan fingerprint density at radius 2 is 1.62 bits per heavy atom. The monoisotopic (exact) mass is 397 g/mol. The summed E-state index contributed by atoms with van der Waals surface area (Å²) in [5, 5.41) is 11.0. The van der Waals surface area contributed by atoms with Crippen molar-refractivity contribution < 1.29 is 19.4 Å². The second-order valence-corrected chi connectivity index (χ2v) is 8.51. The van der Waals surface area contributed by atoms with E-state index < -0.39 is 29.9 Å². The summed E-state index contributed by atoms with van der Waals surface area (Å²) >= 11 is 0. The molecule has 0 bridgehead atoms. The Balaban J connectivity index is 1.72. The Morgan fingerprint density at radius 3 is 2.17 bits per heavy atom. The molecule has 2 aromatic rings. The summed E-state index contributed by atoms with van der Waals surface area (Å²) in [5.41, 5.74) is 7.30. The van der Waals surface area contributed by atoms with Crippen LogP contribution in [0.25, 0.3) is 0 Å². The smallest absolute Gasteiger partial charge is 0.410 e. The third-order valence-corrected chi connectivity index (χ3v) is 5.12. The summed E-state index contributed by atoms with van der Waals surface area (Å²) in [4.78, 5) is 16.3. The maximum absolute atomic E-state index is 12.7. The van der Waals surface area contributed by atoms with Gasteiger partial charge >= 0.3 is 6.09 Å². The van der Waals surface area contributed by atoms with E-state index in [1.165, 1.54) is 0 Å². The number of aliphatic hydroxyl groups excluding tert-OH is 1. The van der Waals surface area contributed by atoms with Gasteiger partial charge in [0.05, 0.1) is 29.6 Å². The first kappa shape index (κ1) is 19.5. The van der Waals surface area contributed by atoms with Crippen molar-refractivity contribution in [2.45, 2.75) is 44.6 Å². The normalized spacial score (nSPS) is 23.7. The Bertz CT molecular complexity index is 865. The fourth-order valence-corrected chi connectivity index (χ4v) is 3.86. The highest BCUT2D eigenvalue weighted by molar-refractivity contribution is 5.79. The van der Waals surface area contributed by atoms with Gasteiger partial charge in [0.2, 0.25) is 0 Å². The molecule has 3 N–H and O–H groups in total. The number of fused-ring (bicyclic) bond motifs is 2. The van der Waals surface area contributed by atoms with Crippen molar-refractivity contribution in [3.8, 4) is 11.5 Å². The minimum Gasteiger partial charge on any atom is -0.453 e. The number of nitrogens with two attached hydrogens (primary N) is 1. The van der Waals surface area contributed by atoms with Gasteiger partial charge in [-0.15, -0.1) is 0 Å². The predicted octanol–water partition coefficient (Wildman–Crippen LogP) is 3.24. The maximum Gasteiger partial charge on any atom is 0.410 e. The number of aliphatic hydroxyl groups is 1. The van der Waals surface area contributed by atoms with Crippen LogP contribution < -0.4 is 15.4 Å². The van der Waals surface area contributed by atoms with Crippen LogP contribution in [0.3, 0.4) is 0 Å². The van der Waals surface area contributed by atoms with Crippen LogP contribution in [-0.4, -0.2) is 53.0 Å². The molecule has 1 fully saturated rings. The fraction of sp³-hybridized carbons (Fsp3) is 0.409. The minimum atomic E-state index is -0.826. The van der Waals surface area contributed by atoms with E-state index in [0.29, 0.717) is 11.5 Å². The van der Waals surface area contributed by atoms with E-state index in [1.54, 1.807) is 4.90 Å². The molecule has 1 amide bonds. The molecule has 7 heteroatoms. The molecule has 0 radical (unpaired) electrons. The number of carbonyl (C=O) groups excluding carboxylic acids is 1. The molecular formula is C22H27N3O4. The molecule has 0 aliphatic carbocycles. The number of para-hydroxylation sites is 4.